The molecule has 0 fully saturated rings. The van der Waals surface area contributed by atoms with Crippen LogP contribution in [0, 0.1) is 5.92 Å². The van der Waals surface area contributed by atoms with Gasteiger partial charge in [-0.05, 0) is 5.92 Å². The van der Waals surface area contributed by atoms with E-state index in [1.54, 1.807) is 0 Å². The molecule has 1 amide bonds. The first-order chi connectivity index (χ1) is 5.93. The Labute approximate surface area is 77.3 Å². The Balaban J connectivity index is 3.76. The van der Waals surface area contributed by atoms with Crippen LogP contribution in [0.4, 0.5) is 0 Å². The van der Waals surface area contributed by atoms with Crippen LogP contribution in [0.15, 0.2) is 0 Å². The van der Waals surface area contributed by atoms with Crippen LogP contribution in [0.3, 0.4) is 0 Å². The predicted octanol–water partition coefficient (Wildman–Crippen LogP) is -1.16. The van der Waals surface area contributed by atoms with E-state index >= 15 is 0 Å². The van der Waals surface area contributed by atoms with Crippen molar-refractivity contribution >= 4 is 11.9 Å². The highest BCUT2D eigenvalue weighted by Gasteiger charge is 2.18. The molecule has 0 aromatic carbocycles. The number of carbonyl (C=O) groups is 2. The van der Waals surface area contributed by atoms with Crippen molar-refractivity contribution in [2.24, 2.45) is 5.92 Å². The summed E-state index contributed by atoms with van der Waals surface area (Å²) in [5.74, 6) is -0.945. The predicted molar refractivity (Wildman–Crippen MR) is 46.8 cm³/mol. The molecule has 0 bridgehead atoms. The van der Waals surface area contributed by atoms with Crippen LogP contribution in [0.2, 0.25) is 0 Å². The monoisotopic (exact) mass is 189 g/mol. The van der Waals surface area contributed by atoms with Gasteiger partial charge in [-0.2, -0.15) is 0 Å². The molecule has 1 unspecified atom stereocenters. The summed E-state index contributed by atoms with van der Waals surface area (Å²) in [6.07, 6.45) is 0.672. The molecule has 0 saturated heterocycles. The Morgan fingerprint density at radius 3 is 2.38 bits per heavy atom. The van der Waals surface area contributed by atoms with E-state index in [9.17, 15) is 9.59 Å². The lowest BCUT2D eigenvalue weighted by Crippen LogP contribution is -2.68. The number of rotatable bonds is 5. The van der Waals surface area contributed by atoms with E-state index < -0.39 is 5.97 Å². The number of carboxylic acid groups (broad SMARTS) is 1. The van der Waals surface area contributed by atoms with E-state index in [1.165, 1.54) is 0 Å². The fourth-order valence-electron chi connectivity index (χ4n) is 0.983. The Morgan fingerprint density at radius 2 is 2.00 bits per heavy atom. The average Bonchev–Trinajstić information content (AvgIpc) is 1.98. The zero-order valence-electron chi connectivity index (χ0n) is 8.04. The van der Waals surface area contributed by atoms with Crippen molar-refractivity contribution in [3.63, 3.8) is 0 Å². The molecule has 0 spiro atoms. The summed E-state index contributed by atoms with van der Waals surface area (Å²) in [6.45, 7) is 3.65. The minimum Gasteiger partial charge on any atom is -0.480 e. The Morgan fingerprint density at radius 1 is 1.46 bits per heavy atom. The van der Waals surface area contributed by atoms with Crippen molar-refractivity contribution in [1.82, 2.24) is 5.32 Å². The molecule has 0 aliphatic rings. The number of carboxylic acids is 1. The van der Waals surface area contributed by atoms with Crippen LogP contribution in [0.5, 0.6) is 0 Å². The van der Waals surface area contributed by atoms with E-state index in [0.29, 0.717) is 12.3 Å². The van der Waals surface area contributed by atoms with Crippen molar-refractivity contribution in [2.45, 2.75) is 26.3 Å². The third-order valence-electron chi connectivity index (χ3n) is 1.54. The van der Waals surface area contributed by atoms with Gasteiger partial charge >= 0.3 is 5.97 Å². The molecular weight excluding hydrogens is 172 g/mol. The van der Waals surface area contributed by atoms with Crippen molar-refractivity contribution in [3.05, 3.63) is 0 Å². The van der Waals surface area contributed by atoms with Crippen LogP contribution < -0.4 is 11.1 Å². The summed E-state index contributed by atoms with van der Waals surface area (Å²) < 4.78 is 0. The zero-order chi connectivity index (χ0) is 10.4. The van der Waals surface area contributed by atoms with Gasteiger partial charge in [-0.1, -0.05) is 13.8 Å². The summed E-state index contributed by atoms with van der Waals surface area (Å²) in [5.41, 5.74) is 3.65. The lowest BCUT2D eigenvalue weighted by atomic mass is 10.0. The molecular formula is C8H17N2O3+. The van der Waals surface area contributed by atoms with Crippen LogP contribution in [-0.2, 0) is 9.59 Å². The second-order valence-corrected chi connectivity index (χ2v) is 3.44. The number of quaternary nitrogens is 1. The Hall–Kier alpha value is -1.10. The molecule has 0 aliphatic carbocycles. The fourth-order valence-corrected chi connectivity index (χ4v) is 0.983. The molecule has 0 saturated carbocycles. The molecule has 76 valence electrons. The maximum Gasteiger partial charge on any atom is 0.322 e. The first kappa shape index (κ1) is 11.9. The zero-order valence-corrected chi connectivity index (χ0v) is 8.04. The highest BCUT2D eigenvalue weighted by atomic mass is 16.4. The summed E-state index contributed by atoms with van der Waals surface area (Å²) in [4.78, 5) is 21.3. The van der Waals surface area contributed by atoms with Gasteiger partial charge in [-0.15, -0.1) is 0 Å². The first-order valence-corrected chi connectivity index (χ1v) is 4.26. The molecule has 1 atom stereocenters. The van der Waals surface area contributed by atoms with Gasteiger partial charge in [0, 0.05) is 6.42 Å². The molecule has 5 N–H and O–H groups in total. The van der Waals surface area contributed by atoms with Gasteiger partial charge in [0.1, 0.15) is 6.54 Å². The second kappa shape index (κ2) is 5.53. The molecule has 0 rings (SSSR count). The molecule has 5 heteroatoms. The molecule has 5 nitrogen and oxygen atoms in total. The first-order valence-electron chi connectivity index (χ1n) is 4.26. The summed E-state index contributed by atoms with van der Waals surface area (Å²) in [5, 5.41) is 10.6. The van der Waals surface area contributed by atoms with Crippen LogP contribution >= 0.6 is 0 Å². The van der Waals surface area contributed by atoms with Gasteiger partial charge in [0.2, 0.25) is 0 Å². The minimum absolute atomic E-state index is 0.295. The number of carbonyl (C=O) groups excluding carboxylic acids is 1. The highest BCUT2D eigenvalue weighted by Crippen LogP contribution is 2.00. The van der Waals surface area contributed by atoms with E-state index in [0.717, 1.165) is 0 Å². The van der Waals surface area contributed by atoms with Crippen molar-refractivity contribution in [3.8, 4) is 0 Å². The van der Waals surface area contributed by atoms with E-state index in [2.05, 4.69) is 11.1 Å². The second-order valence-electron chi connectivity index (χ2n) is 3.44. The van der Waals surface area contributed by atoms with Crippen LogP contribution in [-0.4, -0.2) is 29.6 Å². The smallest absolute Gasteiger partial charge is 0.322 e. The Bertz CT molecular complexity index is 192. The maximum atomic E-state index is 11.1. The van der Waals surface area contributed by atoms with Gasteiger partial charge in [-0.3, -0.25) is 9.59 Å². The summed E-state index contributed by atoms with van der Waals surface area (Å²) in [7, 11) is 0. The van der Waals surface area contributed by atoms with Crippen LogP contribution in [0.25, 0.3) is 0 Å². The molecule has 0 radical (unpaired) electrons. The number of aliphatic carboxylic acids is 1. The number of hydrogen-bond acceptors (Lipinski definition) is 2. The lowest BCUT2D eigenvalue weighted by molar-refractivity contribution is -0.406. The number of nitrogens with one attached hydrogen (secondary N) is 1. The van der Waals surface area contributed by atoms with Crippen LogP contribution in [0.1, 0.15) is 20.3 Å². The molecule has 0 aromatic rings. The average molecular weight is 189 g/mol. The van der Waals surface area contributed by atoms with E-state index in [4.69, 9.17) is 5.11 Å². The minimum atomic E-state index is -1.04. The standard InChI is InChI=1S/C8H16N2O3/c1-5(2)3-6(9)8(13)10-4-7(11)12/h5-6H,3-4,9H2,1-2H3,(H,10,13)(H,11,12)/p+1. The number of hydrogen-bond donors (Lipinski definition) is 3. The van der Waals surface area contributed by atoms with E-state index in [-0.39, 0.29) is 18.5 Å². The topological polar surface area (TPSA) is 94.0 Å². The van der Waals surface area contributed by atoms with Crippen molar-refractivity contribution in [2.75, 3.05) is 6.54 Å². The molecule has 13 heavy (non-hydrogen) atoms. The number of amides is 1. The lowest BCUT2D eigenvalue weighted by Gasteiger charge is -2.09. The van der Waals surface area contributed by atoms with Gasteiger partial charge in [0.25, 0.3) is 5.91 Å². The quantitative estimate of drug-likeness (QED) is 0.509. The fraction of sp³-hybridized carbons (Fsp3) is 0.750. The van der Waals surface area contributed by atoms with Gasteiger partial charge in [0.15, 0.2) is 6.04 Å². The summed E-state index contributed by atoms with van der Waals surface area (Å²) >= 11 is 0. The Kier molecular flexibility index (Phi) is 5.06. The SMILES string of the molecule is CC(C)CC([NH3+])C(=O)NCC(=O)O. The van der Waals surface area contributed by atoms with Crippen molar-refractivity contribution < 1.29 is 20.4 Å². The summed E-state index contributed by atoms with van der Waals surface area (Å²) in [6, 6.07) is -0.362. The molecule has 0 aliphatic heterocycles. The maximum absolute atomic E-state index is 11.1. The normalized spacial score (nSPS) is 12.6. The third-order valence-corrected chi connectivity index (χ3v) is 1.54. The van der Waals surface area contributed by atoms with Crippen molar-refractivity contribution in [1.29, 1.82) is 0 Å². The van der Waals surface area contributed by atoms with E-state index in [1.807, 2.05) is 13.8 Å². The van der Waals surface area contributed by atoms with Gasteiger partial charge < -0.3 is 16.2 Å². The molecule has 0 aromatic heterocycles. The van der Waals surface area contributed by atoms with Gasteiger partial charge in [0.05, 0.1) is 0 Å². The van der Waals surface area contributed by atoms with Gasteiger partial charge in [-0.25, -0.2) is 0 Å². The largest absolute Gasteiger partial charge is 0.480 e. The molecule has 0 heterocycles. The highest BCUT2D eigenvalue weighted by molar-refractivity contribution is 5.83. The third kappa shape index (κ3) is 6.10.